The molecular weight excluding hydrogens is 376 g/mol. The highest BCUT2D eigenvalue weighted by Gasteiger charge is 2.48. The van der Waals surface area contributed by atoms with Crippen LogP contribution in [-0.4, -0.2) is 41.3 Å². The number of hydrogen-bond donors (Lipinski definition) is 0. The van der Waals surface area contributed by atoms with Crippen LogP contribution in [0.2, 0.25) is 0 Å². The monoisotopic (exact) mass is 400 g/mol. The van der Waals surface area contributed by atoms with Crippen LogP contribution in [0, 0.1) is 11.8 Å². The molecule has 29 heavy (non-hydrogen) atoms. The van der Waals surface area contributed by atoms with Gasteiger partial charge >= 0.3 is 0 Å². The summed E-state index contributed by atoms with van der Waals surface area (Å²) in [5.74, 6) is 3.89. The fourth-order valence-electron chi connectivity index (χ4n) is 4.59. The number of ether oxygens (including phenoxy) is 7. The van der Waals surface area contributed by atoms with E-state index in [0.717, 1.165) is 22.6 Å². The summed E-state index contributed by atoms with van der Waals surface area (Å²) in [5.41, 5.74) is 2.10. The molecule has 0 spiro atoms. The molecule has 3 aliphatic rings. The Hall–Kier alpha value is -2.64. The van der Waals surface area contributed by atoms with Crippen molar-refractivity contribution in [3.63, 3.8) is 0 Å². The standard InChI is InChI=1S/C22H24O7/c1-23-18-7-13(8-19(24-2)22(18)25-3)21-15-10-26-20(14(15)9-27-21)12-4-5-16-17(6-12)29-11-28-16/h4-8,14-15,20-21H,9-11H2,1-3H3/t14-,15-,20-,21+/m1/s1. The highest BCUT2D eigenvalue weighted by Crippen LogP contribution is 2.52. The van der Waals surface area contributed by atoms with Crippen LogP contribution in [0.5, 0.6) is 28.7 Å². The summed E-state index contributed by atoms with van der Waals surface area (Å²) in [7, 11) is 4.84. The Balaban J connectivity index is 1.42. The van der Waals surface area contributed by atoms with E-state index in [1.165, 1.54) is 0 Å². The highest BCUT2D eigenvalue weighted by atomic mass is 16.7. The molecular formula is C22H24O7. The minimum atomic E-state index is -0.0901. The summed E-state index contributed by atoms with van der Waals surface area (Å²) in [6, 6.07) is 9.93. The van der Waals surface area contributed by atoms with E-state index in [4.69, 9.17) is 33.2 Å². The van der Waals surface area contributed by atoms with E-state index >= 15 is 0 Å². The van der Waals surface area contributed by atoms with E-state index in [9.17, 15) is 0 Å². The molecule has 2 aromatic rings. The minimum absolute atomic E-state index is 0.0264. The van der Waals surface area contributed by atoms with E-state index in [1.54, 1.807) is 21.3 Å². The van der Waals surface area contributed by atoms with Crippen molar-refractivity contribution in [1.29, 1.82) is 0 Å². The molecule has 7 nitrogen and oxygen atoms in total. The van der Waals surface area contributed by atoms with Gasteiger partial charge in [0.1, 0.15) is 0 Å². The topological polar surface area (TPSA) is 64.6 Å². The lowest BCUT2D eigenvalue weighted by molar-refractivity contribution is 0.0191. The molecule has 154 valence electrons. The molecule has 0 aliphatic carbocycles. The zero-order valence-corrected chi connectivity index (χ0v) is 16.7. The molecule has 0 aromatic heterocycles. The van der Waals surface area contributed by atoms with Crippen molar-refractivity contribution in [3.05, 3.63) is 41.5 Å². The normalized spacial score (nSPS) is 27.0. The summed E-state index contributed by atoms with van der Waals surface area (Å²) >= 11 is 0. The maximum absolute atomic E-state index is 6.24. The van der Waals surface area contributed by atoms with Crippen LogP contribution in [0.25, 0.3) is 0 Å². The van der Waals surface area contributed by atoms with Crippen molar-refractivity contribution in [2.75, 3.05) is 41.3 Å². The van der Waals surface area contributed by atoms with Gasteiger partial charge in [-0.05, 0) is 35.4 Å². The number of benzene rings is 2. The fourth-order valence-corrected chi connectivity index (χ4v) is 4.59. The number of rotatable bonds is 5. The molecule has 3 aliphatic heterocycles. The van der Waals surface area contributed by atoms with E-state index < -0.39 is 0 Å². The quantitative estimate of drug-likeness (QED) is 0.761. The Labute approximate surface area is 169 Å². The zero-order chi connectivity index (χ0) is 20.0. The maximum atomic E-state index is 6.24. The first-order valence-corrected chi connectivity index (χ1v) is 9.66. The fraction of sp³-hybridized carbons (Fsp3) is 0.455. The largest absolute Gasteiger partial charge is 0.493 e. The van der Waals surface area contributed by atoms with Gasteiger partial charge in [0.2, 0.25) is 12.5 Å². The van der Waals surface area contributed by atoms with Crippen molar-refractivity contribution in [1.82, 2.24) is 0 Å². The molecule has 3 heterocycles. The van der Waals surface area contributed by atoms with Crippen LogP contribution in [0.3, 0.4) is 0 Å². The Bertz CT molecular complexity index is 887. The average Bonchev–Trinajstić information content (AvgIpc) is 3.47. The van der Waals surface area contributed by atoms with Crippen molar-refractivity contribution in [2.24, 2.45) is 11.8 Å². The number of fused-ring (bicyclic) bond motifs is 2. The van der Waals surface area contributed by atoms with E-state index in [1.807, 2.05) is 30.3 Å². The lowest BCUT2D eigenvalue weighted by atomic mass is 9.85. The second-order valence-electron chi connectivity index (χ2n) is 7.41. The van der Waals surface area contributed by atoms with Crippen molar-refractivity contribution in [2.45, 2.75) is 12.2 Å². The predicted octanol–water partition coefficient (Wildman–Crippen LogP) is 3.52. The van der Waals surface area contributed by atoms with E-state index in [0.29, 0.717) is 30.5 Å². The third kappa shape index (κ3) is 2.96. The van der Waals surface area contributed by atoms with Gasteiger partial charge in [0.05, 0.1) is 46.8 Å². The SMILES string of the molecule is COc1cc([C@@H]2OC[C@@H]3[C@H]2CO[C@@H]3c2ccc3c(c2)OCO3)cc(OC)c1OC. The molecule has 2 saturated heterocycles. The molecule has 0 radical (unpaired) electrons. The van der Waals surface area contributed by atoms with E-state index in [-0.39, 0.29) is 30.8 Å². The first kappa shape index (κ1) is 18.4. The molecule has 0 amide bonds. The van der Waals surface area contributed by atoms with Gasteiger partial charge in [-0.25, -0.2) is 0 Å². The Morgan fingerprint density at radius 1 is 0.724 bits per heavy atom. The summed E-state index contributed by atoms with van der Waals surface area (Å²) < 4.78 is 39.8. The Morgan fingerprint density at radius 3 is 1.97 bits per heavy atom. The summed E-state index contributed by atoms with van der Waals surface area (Å²) in [5, 5.41) is 0. The first-order valence-electron chi connectivity index (χ1n) is 9.66. The first-order chi connectivity index (χ1) is 14.2. The van der Waals surface area contributed by atoms with Crippen LogP contribution in [0.1, 0.15) is 23.3 Å². The Kier molecular flexibility index (Phi) is 4.64. The predicted molar refractivity (Wildman–Crippen MR) is 103 cm³/mol. The molecule has 4 atom stereocenters. The van der Waals surface area contributed by atoms with E-state index in [2.05, 4.69) is 0 Å². The van der Waals surface area contributed by atoms with Gasteiger partial charge in [0.15, 0.2) is 23.0 Å². The third-order valence-electron chi connectivity index (χ3n) is 6.00. The van der Waals surface area contributed by atoms with Crippen molar-refractivity contribution >= 4 is 0 Å². The van der Waals surface area contributed by atoms with Crippen molar-refractivity contribution in [3.8, 4) is 28.7 Å². The molecule has 5 rings (SSSR count). The number of methoxy groups -OCH3 is 3. The molecule has 2 fully saturated rings. The number of hydrogen-bond acceptors (Lipinski definition) is 7. The summed E-state index contributed by atoms with van der Waals surface area (Å²) in [6.45, 7) is 1.53. The van der Waals surface area contributed by atoms with Gasteiger partial charge in [0, 0.05) is 11.8 Å². The van der Waals surface area contributed by atoms with Gasteiger partial charge in [-0.3, -0.25) is 0 Å². The average molecular weight is 400 g/mol. The molecule has 0 bridgehead atoms. The van der Waals surface area contributed by atoms with Gasteiger partial charge in [-0.2, -0.15) is 0 Å². The van der Waals surface area contributed by atoms with Crippen LogP contribution >= 0.6 is 0 Å². The molecule has 2 aromatic carbocycles. The van der Waals surface area contributed by atoms with Crippen LogP contribution in [0.15, 0.2) is 30.3 Å². The summed E-state index contributed by atoms with van der Waals surface area (Å²) in [4.78, 5) is 0. The summed E-state index contributed by atoms with van der Waals surface area (Å²) in [6.07, 6.45) is -0.116. The van der Waals surface area contributed by atoms with Crippen LogP contribution in [-0.2, 0) is 9.47 Å². The smallest absolute Gasteiger partial charge is 0.231 e. The molecule has 0 saturated carbocycles. The van der Waals surface area contributed by atoms with Gasteiger partial charge in [-0.1, -0.05) is 6.07 Å². The third-order valence-corrected chi connectivity index (χ3v) is 6.00. The van der Waals surface area contributed by atoms with Gasteiger partial charge < -0.3 is 33.2 Å². The molecule has 7 heteroatoms. The lowest BCUT2D eigenvalue weighted by Gasteiger charge is -2.20. The maximum Gasteiger partial charge on any atom is 0.231 e. The highest BCUT2D eigenvalue weighted by molar-refractivity contribution is 5.54. The second-order valence-corrected chi connectivity index (χ2v) is 7.41. The molecule has 0 N–H and O–H groups in total. The molecule has 0 unspecified atom stereocenters. The minimum Gasteiger partial charge on any atom is -0.493 e. The van der Waals surface area contributed by atoms with Crippen LogP contribution < -0.4 is 23.7 Å². The Morgan fingerprint density at radius 2 is 1.34 bits per heavy atom. The van der Waals surface area contributed by atoms with Gasteiger partial charge in [0.25, 0.3) is 0 Å². The van der Waals surface area contributed by atoms with Crippen molar-refractivity contribution < 1.29 is 33.2 Å². The lowest BCUT2D eigenvalue weighted by Crippen LogP contribution is -2.14. The van der Waals surface area contributed by atoms with Gasteiger partial charge in [-0.15, -0.1) is 0 Å². The zero-order valence-electron chi connectivity index (χ0n) is 16.7. The second kappa shape index (κ2) is 7.31. The van der Waals surface area contributed by atoms with Crippen LogP contribution in [0.4, 0.5) is 0 Å².